The van der Waals surface area contributed by atoms with Crippen molar-refractivity contribution in [2.75, 3.05) is 0 Å². The highest BCUT2D eigenvalue weighted by atomic mass is 32.1. The van der Waals surface area contributed by atoms with Gasteiger partial charge in [-0.2, -0.15) is 0 Å². The van der Waals surface area contributed by atoms with E-state index in [0.717, 1.165) is 5.56 Å². The molecule has 0 aromatic heterocycles. The van der Waals surface area contributed by atoms with E-state index in [0.29, 0.717) is 12.2 Å². The SMILES string of the molecule is C/C(N)=C(/S)C(=O)NCc1ccccc1. The van der Waals surface area contributed by atoms with E-state index in [-0.39, 0.29) is 10.8 Å². The number of rotatable bonds is 3. The van der Waals surface area contributed by atoms with Gasteiger partial charge < -0.3 is 11.1 Å². The summed E-state index contributed by atoms with van der Waals surface area (Å²) in [6.45, 7) is 2.13. The number of allylic oxidation sites excluding steroid dienone is 1. The fourth-order valence-electron chi connectivity index (χ4n) is 1.04. The summed E-state index contributed by atoms with van der Waals surface area (Å²) in [6, 6.07) is 9.66. The number of amides is 1. The first-order valence-corrected chi connectivity index (χ1v) is 5.03. The number of benzene rings is 1. The number of nitrogens with two attached hydrogens (primary N) is 1. The van der Waals surface area contributed by atoms with Gasteiger partial charge in [-0.05, 0) is 12.5 Å². The first-order valence-electron chi connectivity index (χ1n) is 4.58. The zero-order valence-corrected chi connectivity index (χ0v) is 9.42. The maximum absolute atomic E-state index is 11.4. The third-order valence-electron chi connectivity index (χ3n) is 1.88. The molecule has 0 unspecified atom stereocenters. The molecule has 0 atom stereocenters. The minimum absolute atomic E-state index is 0.248. The molecule has 1 amide bonds. The molecule has 0 saturated heterocycles. The molecule has 0 bridgehead atoms. The molecule has 4 heteroatoms. The first-order chi connectivity index (χ1) is 7.11. The largest absolute Gasteiger partial charge is 0.401 e. The van der Waals surface area contributed by atoms with Crippen molar-refractivity contribution >= 4 is 18.5 Å². The summed E-state index contributed by atoms with van der Waals surface area (Å²) in [5.74, 6) is -0.248. The molecule has 1 rings (SSSR count). The van der Waals surface area contributed by atoms with Crippen LogP contribution in [0.5, 0.6) is 0 Å². The fraction of sp³-hybridized carbons (Fsp3) is 0.182. The van der Waals surface area contributed by atoms with Gasteiger partial charge in [0.15, 0.2) is 0 Å². The average Bonchev–Trinajstić information content (AvgIpc) is 2.26. The van der Waals surface area contributed by atoms with E-state index in [1.165, 1.54) is 0 Å². The summed E-state index contributed by atoms with van der Waals surface area (Å²) in [6.07, 6.45) is 0. The van der Waals surface area contributed by atoms with Crippen LogP contribution in [0.2, 0.25) is 0 Å². The molecule has 1 aromatic carbocycles. The Bertz CT molecular complexity index is 369. The van der Waals surface area contributed by atoms with Crippen LogP contribution in [0.4, 0.5) is 0 Å². The van der Waals surface area contributed by atoms with E-state index in [1.54, 1.807) is 6.92 Å². The van der Waals surface area contributed by atoms with E-state index in [1.807, 2.05) is 30.3 Å². The normalized spacial score (nSPS) is 11.9. The minimum Gasteiger partial charge on any atom is -0.401 e. The Labute approximate surface area is 94.8 Å². The van der Waals surface area contributed by atoms with Crippen LogP contribution in [0.3, 0.4) is 0 Å². The van der Waals surface area contributed by atoms with Crippen molar-refractivity contribution in [3.05, 3.63) is 46.5 Å². The molecule has 0 saturated carbocycles. The number of carbonyl (C=O) groups excluding carboxylic acids is 1. The molecule has 0 spiro atoms. The first kappa shape index (κ1) is 11.7. The molecular formula is C11H14N2OS. The van der Waals surface area contributed by atoms with Crippen LogP contribution in [-0.2, 0) is 11.3 Å². The summed E-state index contributed by atoms with van der Waals surface area (Å²) in [4.78, 5) is 11.7. The maximum Gasteiger partial charge on any atom is 0.259 e. The van der Waals surface area contributed by atoms with Crippen LogP contribution in [-0.4, -0.2) is 5.91 Å². The molecule has 0 aliphatic heterocycles. The second-order valence-corrected chi connectivity index (χ2v) is 3.65. The molecule has 0 aliphatic rings. The van der Waals surface area contributed by atoms with Crippen LogP contribution in [0.1, 0.15) is 12.5 Å². The molecule has 1 aromatic rings. The minimum atomic E-state index is -0.248. The topological polar surface area (TPSA) is 55.1 Å². The van der Waals surface area contributed by atoms with Gasteiger partial charge in [0.25, 0.3) is 5.91 Å². The van der Waals surface area contributed by atoms with Gasteiger partial charge >= 0.3 is 0 Å². The van der Waals surface area contributed by atoms with Gasteiger partial charge in [0, 0.05) is 12.2 Å². The van der Waals surface area contributed by atoms with E-state index in [2.05, 4.69) is 17.9 Å². The summed E-state index contributed by atoms with van der Waals surface area (Å²) in [5.41, 5.74) is 6.91. The van der Waals surface area contributed by atoms with Crippen molar-refractivity contribution in [2.45, 2.75) is 13.5 Å². The van der Waals surface area contributed by atoms with E-state index in [4.69, 9.17) is 5.73 Å². The van der Waals surface area contributed by atoms with Crippen molar-refractivity contribution < 1.29 is 4.79 Å². The highest BCUT2D eigenvalue weighted by Crippen LogP contribution is 2.04. The van der Waals surface area contributed by atoms with Gasteiger partial charge in [0.2, 0.25) is 0 Å². The van der Waals surface area contributed by atoms with E-state index in [9.17, 15) is 4.79 Å². The summed E-state index contributed by atoms with van der Waals surface area (Å²) in [5, 5.41) is 2.73. The molecule has 15 heavy (non-hydrogen) atoms. The number of hydrogen-bond donors (Lipinski definition) is 3. The van der Waals surface area contributed by atoms with Gasteiger partial charge in [-0.1, -0.05) is 30.3 Å². The van der Waals surface area contributed by atoms with Gasteiger partial charge in [-0.15, -0.1) is 12.6 Å². The second-order valence-electron chi connectivity index (χ2n) is 3.20. The van der Waals surface area contributed by atoms with Gasteiger partial charge in [-0.25, -0.2) is 0 Å². The lowest BCUT2D eigenvalue weighted by Gasteiger charge is -2.05. The lowest BCUT2D eigenvalue weighted by molar-refractivity contribution is -0.117. The van der Waals surface area contributed by atoms with Gasteiger partial charge in [0.05, 0.1) is 4.91 Å². The standard InChI is InChI=1S/C11H14N2OS/c1-8(12)10(15)11(14)13-7-9-5-3-2-4-6-9/h2-6,15H,7,12H2,1H3,(H,13,14)/b10-8-. The van der Waals surface area contributed by atoms with E-state index >= 15 is 0 Å². The molecule has 80 valence electrons. The van der Waals surface area contributed by atoms with Crippen LogP contribution in [0.15, 0.2) is 40.9 Å². The van der Waals surface area contributed by atoms with E-state index < -0.39 is 0 Å². The molecule has 3 N–H and O–H groups in total. The Balaban J connectivity index is 2.52. The molecular weight excluding hydrogens is 208 g/mol. The van der Waals surface area contributed by atoms with Crippen LogP contribution in [0.25, 0.3) is 0 Å². The Morgan fingerprint density at radius 3 is 2.53 bits per heavy atom. The molecule has 0 aliphatic carbocycles. The van der Waals surface area contributed by atoms with Crippen molar-refractivity contribution in [2.24, 2.45) is 5.73 Å². The van der Waals surface area contributed by atoms with Crippen LogP contribution < -0.4 is 11.1 Å². The average molecular weight is 222 g/mol. The molecule has 0 radical (unpaired) electrons. The predicted molar refractivity (Wildman–Crippen MR) is 64.2 cm³/mol. The summed E-state index contributed by atoms with van der Waals surface area (Å²) in [7, 11) is 0. The van der Waals surface area contributed by atoms with Crippen molar-refractivity contribution in [3.63, 3.8) is 0 Å². The zero-order chi connectivity index (χ0) is 11.3. The number of nitrogens with one attached hydrogen (secondary N) is 1. The second kappa shape index (κ2) is 5.46. The van der Waals surface area contributed by atoms with Gasteiger partial charge in [-0.3, -0.25) is 4.79 Å². The van der Waals surface area contributed by atoms with Gasteiger partial charge in [0.1, 0.15) is 0 Å². The van der Waals surface area contributed by atoms with Crippen LogP contribution in [0, 0.1) is 0 Å². The smallest absolute Gasteiger partial charge is 0.259 e. The van der Waals surface area contributed by atoms with Crippen LogP contribution >= 0.6 is 12.6 Å². The highest BCUT2D eigenvalue weighted by molar-refractivity contribution is 7.85. The number of carbonyl (C=O) groups is 1. The summed E-state index contributed by atoms with van der Waals surface area (Å²) >= 11 is 4.01. The predicted octanol–water partition coefficient (Wildman–Crippen LogP) is 1.42. The molecule has 0 fully saturated rings. The number of thiol groups is 1. The van der Waals surface area contributed by atoms with Crippen molar-refractivity contribution in [1.29, 1.82) is 0 Å². The molecule has 0 heterocycles. The Morgan fingerprint density at radius 2 is 2.00 bits per heavy atom. The Morgan fingerprint density at radius 1 is 1.40 bits per heavy atom. The third-order valence-corrected chi connectivity index (χ3v) is 2.44. The maximum atomic E-state index is 11.4. The number of hydrogen-bond acceptors (Lipinski definition) is 3. The Hall–Kier alpha value is -1.42. The zero-order valence-electron chi connectivity index (χ0n) is 8.53. The Kier molecular flexibility index (Phi) is 4.24. The van der Waals surface area contributed by atoms with Crippen molar-refractivity contribution in [3.8, 4) is 0 Å². The van der Waals surface area contributed by atoms with Crippen molar-refractivity contribution in [1.82, 2.24) is 5.32 Å². The molecule has 3 nitrogen and oxygen atoms in total. The lowest BCUT2D eigenvalue weighted by Crippen LogP contribution is -2.24. The fourth-order valence-corrected chi connectivity index (χ4v) is 1.12. The monoisotopic (exact) mass is 222 g/mol. The lowest BCUT2D eigenvalue weighted by atomic mass is 10.2. The third kappa shape index (κ3) is 3.67. The quantitative estimate of drug-likeness (QED) is 0.535. The highest BCUT2D eigenvalue weighted by Gasteiger charge is 2.06. The summed E-state index contributed by atoms with van der Waals surface area (Å²) < 4.78 is 0.